The Bertz CT molecular complexity index is 943. The molecule has 0 aliphatic heterocycles. The summed E-state index contributed by atoms with van der Waals surface area (Å²) in [4.78, 5) is 24.7. The van der Waals surface area contributed by atoms with Gasteiger partial charge in [0.1, 0.15) is 5.82 Å². The van der Waals surface area contributed by atoms with Crippen molar-refractivity contribution in [1.82, 2.24) is 15.5 Å². The zero-order valence-corrected chi connectivity index (χ0v) is 14.4. The van der Waals surface area contributed by atoms with Crippen LogP contribution in [0.25, 0.3) is 11.5 Å². The third kappa shape index (κ3) is 4.17. The molecule has 0 aliphatic rings. The number of ether oxygens (including phenoxy) is 1. The highest BCUT2D eigenvalue weighted by atomic mass is 19.1. The minimum atomic E-state index is -1.31. The fourth-order valence-corrected chi connectivity index (χ4v) is 2.35. The first-order valence-electron chi connectivity index (χ1n) is 8.21. The second-order valence-electron chi connectivity index (χ2n) is 5.45. The monoisotopic (exact) mass is 369 g/mol. The first kappa shape index (κ1) is 18.2. The standard InChI is InChI=1S/C19H16FN3O4/c1-2-26-19(25)15(21-16(24)12-8-4-3-5-9-12)18-23-22-17(27-18)13-10-6-7-11-14(13)20/h3-11,15H,2H2,1H3,(H,21,24)/t15-/m0/s1. The van der Waals surface area contributed by atoms with Crippen LogP contribution in [0, 0.1) is 5.82 Å². The van der Waals surface area contributed by atoms with Crippen LogP contribution in [-0.2, 0) is 9.53 Å². The topological polar surface area (TPSA) is 94.3 Å². The number of nitrogens with zero attached hydrogens (tertiary/aromatic N) is 2. The predicted octanol–water partition coefficient (Wildman–Crippen LogP) is 2.91. The summed E-state index contributed by atoms with van der Waals surface area (Å²) in [6, 6.07) is 12.9. The fourth-order valence-electron chi connectivity index (χ4n) is 2.35. The Morgan fingerprint density at radius 2 is 1.81 bits per heavy atom. The average Bonchev–Trinajstić information content (AvgIpc) is 3.16. The van der Waals surface area contributed by atoms with Crippen LogP contribution in [0.15, 0.2) is 59.0 Å². The molecule has 8 heteroatoms. The van der Waals surface area contributed by atoms with Gasteiger partial charge in [-0.1, -0.05) is 30.3 Å². The first-order chi connectivity index (χ1) is 13.1. The number of hydrogen-bond donors (Lipinski definition) is 1. The normalized spacial score (nSPS) is 11.6. The SMILES string of the molecule is CCOC(=O)[C@@H](NC(=O)c1ccccc1)c1nnc(-c2ccccc2F)o1. The lowest BCUT2D eigenvalue weighted by atomic mass is 10.2. The number of halogens is 1. The number of carbonyl (C=O) groups excluding carboxylic acids is 2. The minimum Gasteiger partial charge on any atom is -0.464 e. The molecule has 2 aromatic carbocycles. The number of nitrogens with one attached hydrogen (secondary N) is 1. The van der Waals surface area contributed by atoms with E-state index in [1.54, 1.807) is 43.3 Å². The Balaban J connectivity index is 1.89. The van der Waals surface area contributed by atoms with Crippen molar-refractivity contribution >= 4 is 11.9 Å². The van der Waals surface area contributed by atoms with Gasteiger partial charge in [-0.15, -0.1) is 10.2 Å². The number of benzene rings is 2. The molecule has 1 aromatic heterocycles. The zero-order valence-electron chi connectivity index (χ0n) is 14.4. The Kier molecular flexibility index (Phi) is 5.55. The van der Waals surface area contributed by atoms with E-state index in [-0.39, 0.29) is 24.0 Å². The Labute approximate surface area is 154 Å². The van der Waals surface area contributed by atoms with E-state index < -0.39 is 23.7 Å². The van der Waals surface area contributed by atoms with Crippen molar-refractivity contribution in [2.45, 2.75) is 13.0 Å². The van der Waals surface area contributed by atoms with Gasteiger partial charge in [-0.3, -0.25) is 4.79 Å². The molecule has 1 N–H and O–H groups in total. The Morgan fingerprint density at radius 3 is 2.52 bits per heavy atom. The maximum absolute atomic E-state index is 13.9. The lowest BCUT2D eigenvalue weighted by Gasteiger charge is -2.13. The van der Waals surface area contributed by atoms with E-state index >= 15 is 0 Å². The van der Waals surface area contributed by atoms with Gasteiger partial charge in [-0.2, -0.15) is 0 Å². The maximum atomic E-state index is 13.9. The molecule has 3 aromatic rings. The molecule has 0 radical (unpaired) electrons. The van der Waals surface area contributed by atoms with Gasteiger partial charge in [-0.05, 0) is 31.2 Å². The molecule has 27 heavy (non-hydrogen) atoms. The highest BCUT2D eigenvalue weighted by Gasteiger charge is 2.30. The molecule has 138 valence electrons. The average molecular weight is 369 g/mol. The molecule has 3 rings (SSSR count). The van der Waals surface area contributed by atoms with E-state index in [2.05, 4.69) is 15.5 Å². The summed E-state index contributed by atoms with van der Waals surface area (Å²) in [6.07, 6.45) is 0. The van der Waals surface area contributed by atoms with E-state index in [1.165, 1.54) is 18.2 Å². The van der Waals surface area contributed by atoms with Crippen molar-refractivity contribution in [2.75, 3.05) is 6.61 Å². The number of rotatable bonds is 6. The van der Waals surface area contributed by atoms with Crippen molar-refractivity contribution in [3.05, 3.63) is 71.9 Å². The van der Waals surface area contributed by atoms with Crippen molar-refractivity contribution in [1.29, 1.82) is 0 Å². The van der Waals surface area contributed by atoms with E-state index in [1.807, 2.05) is 0 Å². The molecule has 0 bridgehead atoms. The highest BCUT2D eigenvalue weighted by Crippen LogP contribution is 2.24. The summed E-state index contributed by atoms with van der Waals surface area (Å²) in [5.74, 6) is -2.12. The Hall–Kier alpha value is -3.55. The van der Waals surface area contributed by atoms with E-state index in [4.69, 9.17) is 9.15 Å². The molecule has 1 amide bonds. The first-order valence-corrected chi connectivity index (χ1v) is 8.21. The van der Waals surface area contributed by atoms with Crippen LogP contribution in [0.5, 0.6) is 0 Å². The second kappa shape index (κ2) is 8.22. The molecule has 0 spiro atoms. The van der Waals surface area contributed by atoms with Gasteiger partial charge in [-0.25, -0.2) is 9.18 Å². The van der Waals surface area contributed by atoms with Gasteiger partial charge in [0.25, 0.3) is 17.7 Å². The molecular formula is C19H16FN3O4. The third-order valence-corrected chi connectivity index (χ3v) is 3.63. The third-order valence-electron chi connectivity index (χ3n) is 3.63. The molecule has 7 nitrogen and oxygen atoms in total. The van der Waals surface area contributed by atoms with Crippen LogP contribution < -0.4 is 5.32 Å². The summed E-state index contributed by atoms with van der Waals surface area (Å²) < 4.78 is 24.3. The fraction of sp³-hybridized carbons (Fsp3) is 0.158. The summed E-state index contributed by atoms with van der Waals surface area (Å²) in [7, 11) is 0. The van der Waals surface area contributed by atoms with Gasteiger partial charge in [0.2, 0.25) is 6.04 Å². The summed E-state index contributed by atoms with van der Waals surface area (Å²) >= 11 is 0. The van der Waals surface area contributed by atoms with Gasteiger partial charge in [0.05, 0.1) is 12.2 Å². The number of aromatic nitrogens is 2. The zero-order chi connectivity index (χ0) is 19.2. The second-order valence-corrected chi connectivity index (χ2v) is 5.45. The van der Waals surface area contributed by atoms with Gasteiger partial charge >= 0.3 is 5.97 Å². The summed E-state index contributed by atoms with van der Waals surface area (Å²) in [5, 5.41) is 10.1. The van der Waals surface area contributed by atoms with E-state index in [0.29, 0.717) is 5.56 Å². The van der Waals surface area contributed by atoms with Crippen LogP contribution in [0.2, 0.25) is 0 Å². The minimum absolute atomic E-state index is 0.0910. The van der Waals surface area contributed by atoms with Crippen LogP contribution >= 0.6 is 0 Å². The molecular weight excluding hydrogens is 353 g/mol. The summed E-state index contributed by atoms with van der Waals surface area (Å²) in [5.41, 5.74) is 0.439. The molecule has 1 heterocycles. The number of carbonyl (C=O) groups is 2. The largest absolute Gasteiger partial charge is 0.464 e. The van der Waals surface area contributed by atoms with Gasteiger partial charge < -0.3 is 14.5 Å². The molecule has 0 fully saturated rings. The maximum Gasteiger partial charge on any atom is 0.338 e. The van der Waals surface area contributed by atoms with E-state index in [0.717, 1.165) is 0 Å². The molecule has 1 atom stereocenters. The van der Waals surface area contributed by atoms with Crippen LogP contribution in [-0.4, -0.2) is 28.7 Å². The Morgan fingerprint density at radius 1 is 1.11 bits per heavy atom. The summed E-state index contributed by atoms with van der Waals surface area (Å²) in [6.45, 7) is 1.73. The van der Waals surface area contributed by atoms with Crippen molar-refractivity contribution < 1.29 is 23.1 Å². The molecule has 0 aliphatic carbocycles. The smallest absolute Gasteiger partial charge is 0.338 e. The van der Waals surface area contributed by atoms with Gasteiger partial charge in [0, 0.05) is 5.56 Å². The molecule has 0 unspecified atom stereocenters. The van der Waals surface area contributed by atoms with Crippen molar-refractivity contribution in [3.63, 3.8) is 0 Å². The van der Waals surface area contributed by atoms with Crippen LogP contribution in [0.1, 0.15) is 29.2 Å². The quantitative estimate of drug-likeness (QED) is 0.672. The van der Waals surface area contributed by atoms with Crippen molar-refractivity contribution in [2.24, 2.45) is 0 Å². The number of esters is 1. The van der Waals surface area contributed by atoms with Crippen molar-refractivity contribution in [3.8, 4) is 11.5 Å². The molecule has 0 saturated carbocycles. The van der Waals surface area contributed by atoms with Gasteiger partial charge in [0.15, 0.2) is 0 Å². The lowest BCUT2D eigenvalue weighted by Crippen LogP contribution is -2.35. The highest BCUT2D eigenvalue weighted by molar-refractivity contribution is 5.96. The predicted molar refractivity (Wildman–Crippen MR) is 93.0 cm³/mol. The number of amides is 1. The van der Waals surface area contributed by atoms with Crippen LogP contribution in [0.3, 0.4) is 0 Å². The lowest BCUT2D eigenvalue weighted by molar-refractivity contribution is -0.146. The van der Waals surface area contributed by atoms with E-state index in [9.17, 15) is 14.0 Å². The van der Waals surface area contributed by atoms with Crippen LogP contribution in [0.4, 0.5) is 4.39 Å². The number of hydrogen-bond acceptors (Lipinski definition) is 6. The molecule has 0 saturated heterocycles.